The summed E-state index contributed by atoms with van der Waals surface area (Å²) < 4.78 is 4.10. The first-order chi connectivity index (χ1) is 16.2. The maximum atomic E-state index is 13.0. The van der Waals surface area contributed by atoms with Crippen LogP contribution in [0.2, 0.25) is 5.15 Å². The molecule has 0 aliphatic carbocycles. The van der Waals surface area contributed by atoms with Crippen LogP contribution in [0.4, 0.5) is 11.6 Å². The number of anilines is 2. The van der Waals surface area contributed by atoms with E-state index in [-0.39, 0.29) is 34.9 Å². The number of amides is 2. The van der Waals surface area contributed by atoms with Crippen LogP contribution < -0.4 is 26.7 Å². The SMILES string of the molecule is CCn1c(CNC(=O)c2nc(Cl)c(N)nc2N)[n+](CC)c2c(C(=O)NCCN(C)C)cccc21. The molecule has 0 aliphatic rings. The number of hydrogen-bond donors (Lipinski definition) is 4. The minimum absolute atomic E-state index is 0.0398. The highest BCUT2D eigenvalue weighted by Crippen LogP contribution is 2.20. The summed E-state index contributed by atoms with van der Waals surface area (Å²) in [5.41, 5.74) is 13.6. The van der Waals surface area contributed by atoms with Crippen LogP contribution in [0.5, 0.6) is 0 Å². The fourth-order valence-electron chi connectivity index (χ4n) is 3.85. The zero-order valence-electron chi connectivity index (χ0n) is 19.9. The predicted molar refractivity (Wildman–Crippen MR) is 131 cm³/mol. The number of fused-ring (bicyclic) bond motifs is 1. The Balaban J connectivity index is 1.96. The molecule has 1 aromatic carbocycles. The molecule has 3 aromatic rings. The maximum absolute atomic E-state index is 13.0. The highest BCUT2D eigenvalue weighted by molar-refractivity contribution is 6.31. The standard InChI is InChI=1S/C22H30ClN9O2/c1-5-31-14-9-7-8-13(21(33)26-10-11-30(3)4)17(14)32(6-2)15(31)12-27-22(34)16-19(24)29-20(25)18(23)28-16/h7-9H,5-6,10-12H2,1-4H3,(H5-,24,25,26,27,29,33,34)/p+1. The van der Waals surface area contributed by atoms with Gasteiger partial charge < -0.3 is 27.0 Å². The van der Waals surface area contributed by atoms with Gasteiger partial charge in [0.05, 0.1) is 18.7 Å². The van der Waals surface area contributed by atoms with E-state index in [0.29, 0.717) is 25.2 Å². The summed E-state index contributed by atoms with van der Waals surface area (Å²) in [5.74, 6) is 0.0228. The average molecular weight is 489 g/mol. The molecule has 34 heavy (non-hydrogen) atoms. The Morgan fingerprint density at radius 2 is 1.85 bits per heavy atom. The van der Waals surface area contributed by atoms with Gasteiger partial charge in [-0.25, -0.2) is 19.1 Å². The van der Waals surface area contributed by atoms with Gasteiger partial charge in [-0.2, -0.15) is 0 Å². The first-order valence-corrected chi connectivity index (χ1v) is 11.4. The van der Waals surface area contributed by atoms with Gasteiger partial charge in [-0.05, 0) is 40.1 Å². The second-order valence-electron chi connectivity index (χ2n) is 7.95. The van der Waals surface area contributed by atoms with Crippen LogP contribution in [0, 0.1) is 0 Å². The van der Waals surface area contributed by atoms with Crippen molar-refractivity contribution in [2.45, 2.75) is 33.5 Å². The molecule has 2 heterocycles. The van der Waals surface area contributed by atoms with Crippen LogP contribution in [-0.4, -0.2) is 58.4 Å². The Morgan fingerprint density at radius 3 is 2.50 bits per heavy atom. The molecule has 0 unspecified atom stereocenters. The van der Waals surface area contributed by atoms with Gasteiger partial charge in [0.25, 0.3) is 17.6 Å². The summed E-state index contributed by atoms with van der Waals surface area (Å²) in [4.78, 5) is 35.6. The number of aryl methyl sites for hydroxylation is 2. The number of rotatable bonds is 9. The molecular weight excluding hydrogens is 458 g/mol. The Morgan fingerprint density at radius 1 is 1.12 bits per heavy atom. The Labute approximate surface area is 203 Å². The molecule has 3 rings (SSSR count). The van der Waals surface area contributed by atoms with Crippen molar-refractivity contribution >= 4 is 46.1 Å². The van der Waals surface area contributed by atoms with E-state index in [1.54, 1.807) is 0 Å². The van der Waals surface area contributed by atoms with Crippen LogP contribution in [0.25, 0.3) is 11.0 Å². The molecule has 0 spiro atoms. The number of nitrogens with zero attached hydrogens (tertiary/aromatic N) is 5. The van der Waals surface area contributed by atoms with Crippen molar-refractivity contribution in [3.05, 3.63) is 40.4 Å². The second-order valence-corrected chi connectivity index (χ2v) is 8.31. The number of carbonyl (C=O) groups is 2. The third-order valence-corrected chi connectivity index (χ3v) is 5.73. The number of para-hydroxylation sites is 1. The van der Waals surface area contributed by atoms with E-state index < -0.39 is 5.91 Å². The molecule has 2 amide bonds. The molecule has 2 aromatic heterocycles. The van der Waals surface area contributed by atoms with Gasteiger partial charge in [-0.3, -0.25) is 9.59 Å². The summed E-state index contributed by atoms with van der Waals surface area (Å²) in [6.07, 6.45) is 0. The van der Waals surface area contributed by atoms with Crippen molar-refractivity contribution in [3.63, 3.8) is 0 Å². The Bertz CT molecular complexity index is 1220. The topological polar surface area (TPSA) is 148 Å². The van der Waals surface area contributed by atoms with E-state index in [0.717, 1.165) is 23.4 Å². The largest absolute Gasteiger partial charge is 0.382 e. The lowest BCUT2D eigenvalue weighted by molar-refractivity contribution is -0.676. The van der Waals surface area contributed by atoms with Crippen molar-refractivity contribution in [1.82, 2.24) is 30.1 Å². The minimum Gasteiger partial charge on any atom is -0.382 e. The van der Waals surface area contributed by atoms with E-state index in [9.17, 15) is 9.59 Å². The number of benzene rings is 1. The zero-order valence-corrected chi connectivity index (χ0v) is 20.6. The number of nitrogens with two attached hydrogens (primary N) is 2. The molecule has 182 valence electrons. The molecule has 0 atom stereocenters. The number of hydrogen-bond acceptors (Lipinski definition) is 7. The first-order valence-electron chi connectivity index (χ1n) is 11.0. The maximum Gasteiger partial charge on any atom is 0.277 e. The molecule has 0 saturated carbocycles. The van der Waals surface area contributed by atoms with Crippen LogP contribution in [-0.2, 0) is 19.6 Å². The van der Waals surface area contributed by atoms with Crippen molar-refractivity contribution in [1.29, 1.82) is 0 Å². The molecule has 11 nitrogen and oxygen atoms in total. The van der Waals surface area contributed by atoms with E-state index >= 15 is 0 Å². The summed E-state index contributed by atoms with van der Waals surface area (Å²) in [6.45, 7) is 6.72. The minimum atomic E-state index is -0.524. The van der Waals surface area contributed by atoms with E-state index in [2.05, 4.69) is 25.2 Å². The average Bonchev–Trinajstić information content (AvgIpc) is 3.11. The first kappa shape index (κ1) is 25.2. The van der Waals surface area contributed by atoms with Gasteiger partial charge in [-0.15, -0.1) is 0 Å². The van der Waals surface area contributed by atoms with Gasteiger partial charge in [0.2, 0.25) is 0 Å². The monoisotopic (exact) mass is 488 g/mol. The van der Waals surface area contributed by atoms with Crippen LogP contribution in [0.3, 0.4) is 0 Å². The molecule has 6 N–H and O–H groups in total. The molecule has 0 saturated heterocycles. The lowest BCUT2D eigenvalue weighted by Crippen LogP contribution is -2.42. The van der Waals surface area contributed by atoms with E-state index in [4.69, 9.17) is 23.1 Å². The van der Waals surface area contributed by atoms with E-state index in [1.165, 1.54) is 0 Å². The molecule has 0 bridgehead atoms. The number of aromatic nitrogens is 4. The third-order valence-electron chi connectivity index (χ3n) is 5.45. The summed E-state index contributed by atoms with van der Waals surface area (Å²) in [5, 5.41) is 5.74. The van der Waals surface area contributed by atoms with E-state index in [1.807, 2.05) is 55.6 Å². The van der Waals surface area contributed by atoms with Crippen molar-refractivity contribution in [2.24, 2.45) is 0 Å². The van der Waals surface area contributed by atoms with Crippen molar-refractivity contribution < 1.29 is 14.2 Å². The van der Waals surface area contributed by atoms with Gasteiger partial charge >= 0.3 is 0 Å². The second kappa shape index (κ2) is 10.7. The molecule has 0 aliphatic heterocycles. The molecule has 12 heteroatoms. The predicted octanol–water partition coefficient (Wildman–Crippen LogP) is 0.798. The summed E-state index contributed by atoms with van der Waals surface area (Å²) in [6, 6.07) is 5.65. The lowest BCUT2D eigenvalue weighted by atomic mass is 10.1. The summed E-state index contributed by atoms with van der Waals surface area (Å²) >= 11 is 5.91. The molecule has 0 fully saturated rings. The number of imidazole rings is 1. The quantitative estimate of drug-likeness (QED) is 0.325. The number of halogens is 1. The smallest absolute Gasteiger partial charge is 0.277 e. The normalized spacial score (nSPS) is 11.2. The Hall–Kier alpha value is -3.44. The summed E-state index contributed by atoms with van der Waals surface area (Å²) in [7, 11) is 3.91. The third kappa shape index (κ3) is 5.05. The fraction of sp³-hybridized carbons (Fsp3) is 0.409. The number of nitrogens with one attached hydrogen (secondary N) is 2. The van der Waals surface area contributed by atoms with Crippen LogP contribution >= 0.6 is 11.6 Å². The van der Waals surface area contributed by atoms with Crippen LogP contribution in [0.1, 0.15) is 40.5 Å². The lowest BCUT2D eigenvalue weighted by Gasteiger charge is -2.10. The molecule has 0 radical (unpaired) electrons. The zero-order chi connectivity index (χ0) is 25.0. The van der Waals surface area contributed by atoms with Crippen molar-refractivity contribution in [2.75, 3.05) is 38.7 Å². The number of likely N-dealkylation sites (N-methyl/N-ethyl adjacent to an activating group) is 1. The number of carbonyl (C=O) groups excluding carboxylic acids is 2. The highest BCUT2D eigenvalue weighted by atomic mass is 35.5. The Kier molecular flexibility index (Phi) is 7.90. The fourth-order valence-corrected chi connectivity index (χ4v) is 3.98. The van der Waals surface area contributed by atoms with Crippen molar-refractivity contribution in [3.8, 4) is 0 Å². The van der Waals surface area contributed by atoms with Gasteiger partial charge in [0.15, 0.2) is 33.5 Å². The van der Waals surface area contributed by atoms with Gasteiger partial charge in [-0.1, -0.05) is 17.7 Å². The van der Waals surface area contributed by atoms with Gasteiger partial charge in [0.1, 0.15) is 6.54 Å². The molecular formula is C22H31ClN9O2+. The van der Waals surface area contributed by atoms with Gasteiger partial charge in [0, 0.05) is 13.1 Å². The highest BCUT2D eigenvalue weighted by Gasteiger charge is 2.28. The number of nitrogen functional groups attached to an aromatic ring is 2. The van der Waals surface area contributed by atoms with Crippen LogP contribution in [0.15, 0.2) is 18.2 Å².